The largest absolute Gasteiger partial charge is 0.393 e. The molecule has 12 heavy (non-hydrogen) atoms. The fourth-order valence-corrected chi connectivity index (χ4v) is 1.68. The van der Waals surface area contributed by atoms with E-state index in [2.05, 4.69) is 4.90 Å². The van der Waals surface area contributed by atoms with E-state index in [4.69, 9.17) is 5.73 Å². The van der Waals surface area contributed by atoms with Crippen LogP contribution < -0.4 is 5.73 Å². The Balaban J connectivity index is 2.17. The van der Waals surface area contributed by atoms with Crippen molar-refractivity contribution in [2.24, 2.45) is 5.73 Å². The van der Waals surface area contributed by atoms with Gasteiger partial charge in [0.2, 0.25) is 0 Å². The van der Waals surface area contributed by atoms with Gasteiger partial charge in [-0.15, -0.1) is 0 Å². The van der Waals surface area contributed by atoms with Crippen LogP contribution in [-0.2, 0) is 0 Å². The molecule has 0 bridgehead atoms. The molecule has 1 fully saturated rings. The lowest BCUT2D eigenvalue weighted by Crippen LogP contribution is -2.27. The molecular weight excluding hydrogens is 152 g/mol. The lowest BCUT2D eigenvalue weighted by atomic mass is 10.2. The van der Waals surface area contributed by atoms with Crippen molar-refractivity contribution in [3.05, 3.63) is 0 Å². The summed E-state index contributed by atoms with van der Waals surface area (Å²) in [6.07, 6.45) is 4.05. The molecule has 1 saturated heterocycles. The lowest BCUT2D eigenvalue weighted by molar-refractivity contribution is 0.155. The smallest absolute Gasteiger partial charge is 0.0553 e. The fourth-order valence-electron chi connectivity index (χ4n) is 1.68. The highest BCUT2D eigenvalue weighted by molar-refractivity contribution is 4.68. The molecule has 0 amide bonds. The monoisotopic (exact) mass is 172 g/mol. The molecule has 0 aromatic rings. The molecule has 1 heterocycles. The van der Waals surface area contributed by atoms with Gasteiger partial charge >= 0.3 is 0 Å². The molecule has 0 aliphatic carbocycles. The third-order valence-corrected chi connectivity index (χ3v) is 2.47. The molecule has 1 atom stereocenters. The number of nitrogens with zero attached hydrogens (tertiary/aromatic N) is 1. The van der Waals surface area contributed by atoms with Crippen molar-refractivity contribution in [2.45, 2.75) is 31.8 Å². The van der Waals surface area contributed by atoms with Crippen molar-refractivity contribution < 1.29 is 5.11 Å². The molecule has 3 heteroatoms. The highest BCUT2D eigenvalue weighted by Gasteiger charge is 2.13. The Morgan fingerprint density at radius 3 is 2.92 bits per heavy atom. The summed E-state index contributed by atoms with van der Waals surface area (Å²) in [5.74, 6) is 0. The van der Waals surface area contributed by atoms with E-state index in [0.29, 0.717) is 0 Å². The van der Waals surface area contributed by atoms with E-state index in [1.807, 2.05) is 0 Å². The van der Waals surface area contributed by atoms with Gasteiger partial charge in [0, 0.05) is 6.54 Å². The van der Waals surface area contributed by atoms with Crippen LogP contribution in [0.3, 0.4) is 0 Å². The van der Waals surface area contributed by atoms with E-state index >= 15 is 0 Å². The first-order chi connectivity index (χ1) is 5.83. The summed E-state index contributed by atoms with van der Waals surface area (Å²) < 4.78 is 0. The van der Waals surface area contributed by atoms with Gasteiger partial charge in [0.05, 0.1) is 6.10 Å². The zero-order valence-electron chi connectivity index (χ0n) is 7.71. The van der Waals surface area contributed by atoms with Crippen molar-refractivity contribution in [1.82, 2.24) is 4.90 Å². The van der Waals surface area contributed by atoms with E-state index < -0.39 is 0 Å². The van der Waals surface area contributed by atoms with Gasteiger partial charge in [0.15, 0.2) is 0 Å². The SMILES string of the molecule is NCCCN1CCCC(O)CC1. The minimum atomic E-state index is -0.0622. The number of aliphatic hydroxyl groups excluding tert-OH is 1. The summed E-state index contributed by atoms with van der Waals surface area (Å²) in [5.41, 5.74) is 5.44. The molecule has 1 aliphatic rings. The third-order valence-electron chi connectivity index (χ3n) is 2.47. The highest BCUT2D eigenvalue weighted by atomic mass is 16.3. The normalized spacial score (nSPS) is 27.0. The molecule has 1 rings (SSSR count). The van der Waals surface area contributed by atoms with Gasteiger partial charge in [-0.25, -0.2) is 0 Å². The van der Waals surface area contributed by atoms with Crippen LogP contribution >= 0.6 is 0 Å². The van der Waals surface area contributed by atoms with Crippen LogP contribution in [0.1, 0.15) is 25.7 Å². The van der Waals surface area contributed by atoms with Gasteiger partial charge in [0.1, 0.15) is 0 Å². The molecule has 0 radical (unpaired) electrons. The summed E-state index contributed by atoms with van der Waals surface area (Å²) in [7, 11) is 0. The number of rotatable bonds is 3. The van der Waals surface area contributed by atoms with Crippen LogP contribution in [0.5, 0.6) is 0 Å². The molecule has 0 saturated carbocycles. The molecule has 3 nitrogen and oxygen atoms in total. The molecule has 3 N–H and O–H groups in total. The quantitative estimate of drug-likeness (QED) is 0.638. The average molecular weight is 172 g/mol. The van der Waals surface area contributed by atoms with Crippen LogP contribution in [0.15, 0.2) is 0 Å². The first-order valence-corrected chi connectivity index (χ1v) is 4.93. The van der Waals surface area contributed by atoms with E-state index in [1.54, 1.807) is 0 Å². The van der Waals surface area contributed by atoms with Crippen molar-refractivity contribution >= 4 is 0 Å². The summed E-state index contributed by atoms with van der Waals surface area (Å²) in [4.78, 5) is 2.41. The Bertz CT molecular complexity index is 117. The van der Waals surface area contributed by atoms with Crippen molar-refractivity contribution in [1.29, 1.82) is 0 Å². The minimum absolute atomic E-state index is 0.0622. The second-order valence-electron chi connectivity index (χ2n) is 3.57. The third kappa shape index (κ3) is 3.52. The first kappa shape index (κ1) is 9.96. The van der Waals surface area contributed by atoms with Crippen LogP contribution in [0.25, 0.3) is 0 Å². The maximum absolute atomic E-state index is 9.38. The van der Waals surface area contributed by atoms with Crippen LogP contribution in [-0.4, -0.2) is 42.3 Å². The van der Waals surface area contributed by atoms with E-state index in [9.17, 15) is 5.11 Å². The van der Waals surface area contributed by atoms with Crippen molar-refractivity contribution in [3.8, 4) is 0 Å². The maximum atomic E-state index is 9.38. The Labute approximate surface area is 74.5 Å². The van der Waals surface area contributed by atoms with E-state index in [-0.39, 0.29) is 6.10 Å². The molecule has 0 spiro atoms. The Hall–Kier alpha value is -0.120. The van der Waals surface area contributed by atoms with Crippen molar-refractivity contribution in [3.63, 3.8) is 0 Å². The summed E-state index contributed by atoms with van der Waals surface area (Å²) in [5, 5.41) is 9.38. The van der Waals surface area contributed by atoms with Crippen molar-refractivity contribution in [2.75, 3.05) is 26.2 Å². The van der Waals surface area contributed by atoms with E-state index in [1.165, 1.54) is 0 Å². The topological polar surface area (TPSA) is 49.5 Å². The van der Waals surface area contributed by atoms with Gasteiger partial charge in [-0.05, 0) is 45.3 Å². The Kier molecular flexibility index (Phi) is 4.58. The summed E-state index contributed by atoms with van der Waals surface area (Å²) in [6.45, 7) is 4.06. The van der Waals surface area contributed by atoms with Gasteiger partial charge in [-0.1, -0.05) is 0 Å². The maximum Gasteiger partial charge on any atom is 0.0553 e. The average Bonchev–Trinajstić information content (AvgIpc) is 2.27. The number of hydrogen-bond acceptors (Lipinski definition) is 3. The lowest BCUT2D eigenvalue weighted by Gasteiger charge is -2.18. The predicted octanol–water partition coefficient (Wildman–Crippen LogP) is 0.182. The predicted molar refractivity (Wildman–Crippen MR) is 50.0 cm³/mol. The molecule has 1 unspecified atom stereocenters. The molecular formula is C9H20N2O. The van der Waals surface area contributed by atoms with Crippen LogP contribution in [0.2, 0.25) is 0 Å². The van der Waals surface area contributed by atoms with Gasteiger partial charge < -0.3 is 15.7 Å². The first-order valence-electron chi connectivity index (χ1n) is 4.93. The highest BCUT2D eigenvalue weighted by Crippen LogP contribution is 2.10. The zero-order valence-corrected chi connectivity index (χ0v) is 7.71. The molecule has 72 valence electrons. The standard InChI is InChI=1S/C9H20N2O/c10-5-2-7-11-6-1-3-9(12)4-8-11/h9,12H,1-8,10H2. The van der Waals surface area contributed by atoms with E-state index in [0.717, 1.165) is 51.9 Å². The minimum Gasteiger partial charge on any atom is -0.393 e. The van der Waals surface area contributed by atoms with Gasteiger partial charge in [-0.3, -0.25) is 0 Å². The second-order valence-corrected chi connectivity index (χ2v) is 3.57. The summed E-state index contributed by atoms with van der Waals surface area (Å²) in [6, 6.07) is 0. The fraction of sp³-hybridized carbons (Fsp3) is 1.00. The number of likely N-dealkylation sites (tertiary alicyclic amines) is 1. The molecule has 1 aliphatic heterocycles. The van der Waals surface area contributed by atoms with Crippen LogP contribution in [0.4, 0.5) is 0 Å². The number of nitrogens with two attached hydrogens (primary N) is 1. The molecule has 0 aromatic carbocycles. The number of aliphatic hydroxyl groups is 1. The van der Waals surface area contributed by atoms with Gasteiger partial charge in [0.25, 0.3) is 0 Å². The second kappa shape index (κ2) is 5.51. The Morgan fingerprint density at radius 1 is 1.33 bits per heavy atom. The van der Waals surface area contributed by atoms with Gasteiger partial charge in [-0.2, -0.15) is 0 Å². The zero-order chi connectivity index (χ0) is 8.81. The molecule has 0 aromatic heterocycles. The Morgan fingerprint density at radius 2 is 2.17 bits per heavy atom. The number of hydrogen-bond donors (Lipinski definition) is 2. The van der Waals surface area contributed by atoms with Crippen LogP contribution in [0, 0.1) is 0 Å². The summed E-state index contributed by atoms with van der Waals surface area (Å²) >= 11 is 0.